The number of piperazine rings is 1. The summed E-state index contributed by atoms with van der Waals surface area (Å²) in [6.07, 6.45) is 1.85. The number of halogens is 2. The SMILES string of the molecule is CC1(C)C(NC(=O)c2ccc(N3CCC(CN4CCN(c5ccc6c(c5F)C(=O)N(C5CCC(=O)NC5=O)C6=O)CC4)CC3)cc2)C(C)(C)C1Oc1ccc(C#N)c(Cl)c1. The number of rotatable bonds is 9. The molecule has 15 heteroatoms. The van der Waals surface area contributed by atoms with Crippen molar-refractivity contribution in [3.05, 3.63) is 87.7 Å². The standard InChI is InChI=1S/C45H49ClFN7O6/c1-44(2)42(45(3,4)43(44)60-30-10-7-28(24-48)32(46)23-30)50-38(56)27-5-8-29(9-6-27)52-17-15-26(16-18-52)25-51-19-21-53(22-20-51)33-12-11-31-36(37(33)47)41(59)54(40(31)58)34-13-14-35(55)49-39(34)57/h5-12,23,26,34,42-43H,13-22,25H2,1-4H3,(H,50,56)(H,49,55,57). The Hall–Kier alpha value is -5.52. The predicted octanol–water partition coefficient (Wildman–Crippen LogP) is 5.40. The summed E-state index contributed by atoms with van der Waals surface area (Å²) in [4.78, 5) is 71.4. The lowest BCUT2D eigenvalue weighted by Gasteiger charge is -2.63. The van der Waals surface area contributed by atoms with Crippen LogP contribution >= 0.6 is 11.6 Å². The molecule has 0 aromatic heterocycles. The Morgan fingerprint density at radius 3 is 2.22 bits per heavy atom. The molecule has 1 saturated carbocycles. The molecule has 3 saturated heterocycles. The van der Waals surface area contributed by atoms with Crippen LogP contribution in [0.15, 0.2) is 54.6 Å². The average molecular weight is 838 g/mol. The molecule has 4 fully saturated rings. The maximum atomic E-state index is 16.0. The smallest absolute Gasteiger partial charge is 0.265 e. The van der Waals surface area contributed by atoms with Crippen LogP contribution in [-0.4, -0.2) is 103 Å². The summed E-state index contributed by atoms with van der Waals surface area (Å²) in [7, 11) is 0. The molecule has 3 aromatic carbocycles. The van der Waals surface area contributed by atoms with E-state index in [0.29, 0.717) is 40.9 Å². The van der Waals surface area contributed by atoms with Crippen LogP contribution in [0, 0.1) is 33.9 Å². The van der Waals surface area contributed by atoms with Crippen molar-refractivity contribution in [2.75, 3.05) is 55.6 Å². The number of piperidine rings is 2. The third kappa shape index (κ3) is 7.36. The predicted molar refractivity (Wildman–Crippen MR) is 223 cm³/mol. The fraction of sp³-hybridized carbons (Fsp3) is 0.467. The van der Waals surface area contributed by atoms with E-state index in [4.69, 9.17) is 16.3 Å². The number of carbonyl (C=O) groups is 5. The maximum absolute atomic E-state index is 16.0. The fourth-order valence-electron chi connectivity index (χ4n) is 10.3. The molecule has 1 atom stereocenters. The molecule has 4 heterocycles. The molecule has 0 bridgehead atoms. The lowest BCUT2D eigenvalue weighted by molar-refractivity contribution is -0.164. The summed E-state index contributed by atoms with van der Waals surface area (Å²) < 4.78 is 22.3. The molecule has 4 aliphatic heterocycles. The number of imide groups is 2. The van der Waals surface area contributed by atoms with E-state index in [1.165, 1.54) is 12.1 Å². The quantitative estimate of drug-likeness (QED) is 0.268. The van der Waals surface area contributed by atoms with Gasteiger partial charge in [-0.1, -0.05) is 39.3 Å². The number of hydrogen-bond donors (Lipinski definition) is 2. The summed E-state index contributed by atoms with van der Waals surface area (Å²) in [5, 5.41) is 15.0. The van der Waals surface area contributed by atoms with Crippen molar-refractivity contribution in [1.82, 2.24) is 20.4 Å². The van der Waals surface area contributed by atoms with Gasteiger partial charge in [0.2, 0.25) is 11.8 Å². The second-order valence-corrected chi connectivity index (χ2v) is 18.2. The van der Waals surface area contributed by atoms with Gasteiger partial charge in [0.1, 0.15) is 24.0 Å². The Morgan fingerprint density at radius 1 is 0.900 bits per heavy atom. The number of nitrogens with one attached hydrogen (secondary N) is 2. The molecular formula is C45H49ClFN7O6. The first-order valence-corrected chi connectivity index (χ1v) is 21.0. The van der Waals surface area contributed by atoms with Crippen LogP contribution in [0.4, 0.5) is 15.8 Å². The van der Waals surface area contributed by atoms with Crippen LogP contribution in [0.1, 0.15) is 90.0 Å². The second-order valence-electron chi connectivity index (χ2n) is 17.8. The highest BCUT2D eigenvalue weighted by molar-refractivity contribution is 6.31. The van der Waals surface area contributed by atoms with E-state index in [-0.39, 0.29) is 58.5 Å². The van der Waals surface area contributed by atoms with Crippen LogP contribution in [-0.2, 0) is 9.59 Å². The zero-order valence-electron chi connectivity index (χ0n) is 34.2. The molecule has 0 spiro atoms. The van der Waals surface area contributed by atoms with Crippen LogP contribution in [0.5, 0.6) is 5.75 Å². The first-order chi connectivity index (χ1) is 28.6. The number of anilines is 2. The minimum Gasteiger partial charge on any atom is -0.489 e. The van der Waals surface area contributed by atoms with Crippen LogP contribution in [0.3, 0.4) is 0 Å². The lowest BCUT2D eigenvalue weighted by Crippen LogP contribution is -2.74. The number of nitrogens with zero attached hydrogens (tertiary/aromatic N) is 5. The number of hydrogen-bond acceptors (Lipinski definition) is 10. The van der Waals surface area contributed by atoms with E-state index >= 15 is 4.39 Å². The summed E-state index contributed by atoms with van der Waals surface area (Å²) in [5.41, 5.74) is 1.21. The molecule has 5 amide bonds. The monoisotopic (exact) mass is 837 g/mol. The molecule has 13 nitrogen and oxygen atoms in total. The summed E-state index contributed by atoms with van der Waals surface area (Å²) >= 11 is 6.25. The van der Waals surface area contributed by atoms with E-state index in [1.54, 1.807) is 18.2 Å². The topological polar surface area (TPSA) is 155 Å². The lowest BCUT2D eigenvalue weighted by atomic mass is 9.49. The van der Waals surface area contributed by atoms with E-state index < -0.39 is 35.5 Å². The molecule has 0 radical (unpaired) electrons. The van der Waals surface area contributed by atoms with Crippen LogP contribution in [0.25, 0.3) is 0 Å². The number of ether oxygens (including phenoxy) is 1. The highest BCUT2D eigenvalue weighted by atomic mass is 35.5. The highest BCUT2D eigenvalue weighted by Gasteiger charge is 2.64. The number of fused-ring (bicyclic) bond motifs is 1. The molecule has 60 heavy (non-hydrogen) atoms. The zero-order chi connectivity index (χ0) is 42.7. The van der Waals surface area contributed by atoms with Gasteiger partial charge in [-0.2, -0.15) is 5.26 Å². The van der Waals surface area contributed by atoms with E-state index in [0.717, 1.165) is 56.2 Å². The minimum atomic E-state index is -1.15. The van der Waals surface area contributed by atoms with Crippen LogP contribution in [0.2, 0.25) is 5.02 Å². The summed E-state index contributed by atoms with van der Waals surface area (Å²) in [6, 6.07) is 16.6. The number of carbonyl (C=O) groups excluding carboxylic acids is 5. The molecule has 1 unspecified atom stereocenters. The van der Waals surface area contributed by atoms with E-state index in [2.05, 4.69) is 54.2 Å². The van der Waals surface area contributed by atoms with Gasteiger partial charge in [0, 0.05) is 86.4 Å². The van der Waals surface area contributed by atoms with Gasteiger partial charge in [0.05, 0.1) is 27.4 Å². The molecule has 5 aliphatic rings. The normalized spacial score (nSPS) is 24.1. The average Bonchev–Trinajstić information content (AvgIpc) is 3.48. The Labute approximate surface area is 353 Å². The summed E-state index contributed by atoms with van der Waals surface area (Å²) in [6.45, 7) is 13.6. The molecule has 2 N–H and O–H groups in total. The van der Waals surface area contributed by atoms with Crippen molar-refractivity contribution in [3.63, 3.8) is 0 Å². The second kappa shape index (κ2) is 15.8. The molecule has 8 rings (SSSR count). The third-order valence-corrected chi connectivity index (χ3v) is 13.6. The van der Waals surface area contributed by atoms with Gasteiger partial charge in [0.25, 0.3) is 17.7 Å². The first kappa shape index (κ1) is 41.2. The maximum Gasteiger partial charge on any atom is 0.265 e. The van der Waals surface area contributed by atoms with Crippen molar-refractivity contribution < 1.29 is 33.1 Å². The number of amides is 5. The third-order valence-electron chi connectivity index (χ3n) is 13.3. The van der Waals surface area contributed by atoms with Crippen molar-refractivity contribution in [1.29, 1.82) is 5.26 Å². The van der Waals surface area contributed by atoms with E-state index in [9.17, 15) is 29.2 Å². The molecule has 314 valence electrons. The Kier molecular flexibility index (Phi) is 10.9. The number of benzene rings is 3. The fourth-order valence-corrected chi connectivity index (χ4v) is 10.5. The van der Waals surface area contributed by atoms with Gasteiger partial charge in [-0.15, -0.1) is 0 Å². The van der Waals surface area contributed by atoms with Crippen molar-refractivity contribution in [2.45, 2.75) is 71.6 Å². The molecular weight excluding hydrogens is 789 g/mol. The minimum absolute atomic E-state index is 0.00460. The first-order valence-electron chi connectivity index (χ1n) is 20.6. The van der Waals surface area contributed by atoms with Gasteiger partial charge >= 0.3 is 0 Å². The van der Waals surface area contributed by atoms with Crippen LogP contribution < -0.4 is 25.2 Å². The van der Waals surface area contributed by atoms with Gasteiger partial charge < -0.3 is 19.9 Å². The van der Waals surface area contributed by atoms with E-state index in [1.807, 2.05) is 29.2 Å². The van der Waals surface area contributed by atoms with Crippen molar-refractivity contribution in [3.8, 4) is 11.8 Å². The zero-order valence-corrected chi connectivity index (χ0v) is 35.0. The largest absolute Gasteiger partial charge is 0.489 e. The van der Waals surface area contributed by atoms with Crippen molar-refractivity contribution in [2.24, 2.45) is 16.7 Å². The highest BCUT2D eigenvalue weighted by Crippen LogP contribution is 2.55. The Morgan fingerprint density at radius 2 is 1.58 bits per heavy atom. The summed E-state index contributed by atoms with van der Waals surface area (Å²) in [5.74, 6) is -2.56. The van der Waals surface area contributed by atoms with Gasteiger partial charge in [-0.3, -0.25) is 39.1 Å². The van der Waals surface area contributed by atoms with Crippen molar-refractivity contribution >= 4 is 52.5 Å². The Balaban J connectivity index is 0.800. The molecule has 1 aliphatic carbocycles. The Bertz CT molecular complexity index is 2280. The molecule has 3 aromatic rings. The van der Waals surface area contributed by atoms with Gasteiger partial charge in [-0.25, -0.2) is 4.39 Å². The number of nitriles is 1. The van der Waals surface area contributed by atoms with Gasteiger partial charge in [0.15, 0.2) is 5.82 Å². The van der Waals surface area contributed by atoms with Gasteiger partial charge in [-0.05, 0) is 73.7 Å².